The van der Waals surface area contributed by atoms with Gasteiger partial charge in [-0.25, -0.2) is 9.18 Å². The van der Waals surface area contributed by atoms with E-state index in [1.165, 1.54) is 43.0 Å². The number of hydrogen-bond donors (Lipinski definition) is 1. The van der Waals surface area contributed by atoms with Crippen molar-refractivity contribution in [2.45, 2.75) is 32.3 Å². The molecule has 0 unspecified atom stereocenters. The molecule has 0 aliphatic carbocycles. The lowest BCUT2D eigenvalue weighted by Gasteiger charge is -2.33. The average Bonchev–Trinajstić information content (AvgIpc) is 3.10. The van der Waals surface area contributed by atoms with Gasteiger partial charge in [0.1, 0.15) is 11.9 Å². The maximum Gasteiger partial charge on any atom is 0.414 e. The number of carbonyl (C=O) groups is 2. The van der Waals surface area contributed by atoms with Crippen LogP contribution in [-0.2, 0) is 9.53 Å². The topological polar surface area (TPSA) is 61.9 Å². The van der Waals surface area contributed by atoms with Crippen LogP contribution in [0.3, 0.4) is 0 Å². The minimum atomic E-state index is -0.539. The summed E-state index contributed by atoms with van der Waals surface area (Å²) in [7, 11) is 0. The summed E-state index contributed by atoms with van der Waals surface area (Å²) in [5, 5.41) is 2.63. The average molecular weight is 426 g/mol. The van der Waals surface area contributed by atoms with Crippen molar-refractivity contribution in [1.82, 2.24) is 10.2 Å². The van der Waals surface area contributed by atoms with Crippen LogP contribution >= 0.6 is 0 Å². The van der Waals surface area contributed by atoms with Crippen molar-refractivity contribution in [1.29, 1.82) is 0 Å². The van der Waals surface area contributed by atoms with Gasteiger partial charge in [0.25, 0.3) is 0 Å². The molecule has 2 heterocycles. The van der Waals surface area contributed by atoms with Gasteiger partial charge < -0.3 is 15.0 Å². The first-order chi connectivity index (χ1) is 14.9. The molecule has 31 heavy (non-hydrogen) atoms. The van der Waals surface area contributed by atoms with E-state index < -0.39 is 18.0 Å². The van der Waals surface area contributed by atoms with Crippen molar-refractivity contribution in [3.8, 4) is 11.1 Å². The van der Waals surface area contributed by atoms with Crippen LogP contribution in [-0.4, -0.2) is 55.7 Å². The number of likely N-dealkylation sites (tertiary alicyclic amines) is 1. The number of anilines is 1. The first-order valence-electron chi connectivity index (χ1n) is 10.8. The Labute approximate surface area is 182 Å². The summed E-state index contributed by atoms with van der Waals surface area (Å²) in [6, 6.07) is 12.8. The molecule has 1 N–H and O–H groups in total. The van der Waals surface area contributed by atoms with E-state index in [9.17, 15) is 14.0 Å². The molecular formula is C24H28FN3O3. The highest BCUT2D eigenvalue weighted by Crippen LogP contribution is 2.30. The van der Waals surface area contributed by atoms with Gasteiger partial charge in [0.2, 0.25) is 5.91 Å². The van der Waals surface area contributed by atoms with Crippen LogP contribution in [0.5, 0.6) is 0 Å². The number of amides is 2. The third kappa shape index (κ3) is 4.88. The first kappa shape index (κ1) is 21.3. The van der Waals surface area contributed by atoms with Crippen LogP contribution in [0.1, 0.15) is 31.7 Å². The number of carbonyl (C=O) groups excluding carboxylic acids is 2. The van der Waals surface area contributed by atoms with E-state index in [-0.39, 0.29) is 19.0 Å². The molecule has 0 bridgehead atoms. The maximum atomic E-state index is 14.9. The van der Waals surface area contributed by atoms with E-state index >= 15 is 0 Å². The molecule has 7 heteroatoms. The lowest BCUT2D eigenvalue weighted by Crippen LogP contribution is -2.39. The minimum absolute atomic E-state index is 0.189. The SMILES string of the molecule is CC(=O)NC[C@H]1CN(c2ccc(-c3ccc([C@H](C)CN4CCC4)cc3)c(F)c2)C(=O)O1. The summed E-state index contributed by atoms with van der Waals surface area (Å²) in [5.41, 5.74) is 2.98. The largest absolute Gasteiger partial charge is 0.442 e. The number of halogens is 1. The first-order valence-corrected chi connectivity index (χ1v) is 10.8. The molecule has 2 atom stereocenters. The van der Waals surface area contributed by atoms with Crippen LogP contribution in [0.25, 0.3) is 11.1 Å². The van der Waals surface area contributed by atoms with Gasteiger partial charge in [0, 0.05) is 19.0 Å². The number of nitrogens with one attached hydrogen (secondary N) is 1. The second-order valence-electron chi connectivity index (χ2n) is 8.39. The molecule has 6 nitrogen and oxygen atoms in total. The van der Waals surface area contributed by atoms with Gasteiger partial charge in [-0.1, -0.05) is 31.2 Å². The molecule has 2 saturated heterocycles. The third-order valence-electron chi connectivity index (χ3n) is 5.99. The van der Waals surface area contributed by atoms with Gasteiger partial charge in [-0.3, -0.25) is 9.69 Å². The Balaban J connectivity index is 1.43. The summed E-state index contributed by atoms with van der Waals surface area (Å²) in [6.45, 7) is 7.54. The smallest absolute Gasteiger partial charge is 0.414 e. The highest BCUT2D eigenvalue weighted by atomic mass is 19.1. The number of rotatable bonds is 7. The number of ether oxygens (including phenoxy) is 1. The molecule has 164 valence electrons. The fourth-order valence-electron chi connectivity index (χ4n) is 4.05. The van der Waals surface area contributed by atoms with Crippen molar-refractivity contribution in [2.24, 2.45) is 0 Å². The predicted molar refractivity (Wildman–Crippen MR) is 118 cm³/mol. The van der Waals surface area contributed by atoms with Crippen LogP contribution in [0.2, 0.25) is 0 Å². The molecule has 0 aromatic heterocycles. The molecule has 2 aromatic carbocycles. The maximum absolute atomic E-state index is 14.9. The zero-order valence-electron chi connectivity index (χ0n) is 17.9. The second kappa shape index (κ2) is 9.06. The molecule has 0 spiro atoms. The number of hydrogen-bond acceptors (Lipinski definition) is 4. The predicted octanol–water partition coefficient (Wildman–Crippen LogP) is 3.76. The van der Waals surface area contributed by atoms with Gasteiger partial charge in [-0.05, 0) is 54.8 Å². The van der Waals surface area contributed by atoms with Crippen LogP contribution in [0, 0.1) is 5.82 Å². The van der Waals surface area contributed by atoms with Crippen molar-refractivity contribution < 1.29 is 18.7 Å². The fraction of sp³-hybridized carbons (Fsp3) is 0.417. The Morgan fingerprint density at radius 1 is 1.23 bits per heavy atom. The van der Waals surface area contributed by atoms with E-state index in [0.717, 1.165) is 12.1 Å². The Morgan fingerprint density at radius 2 is 1.97 bits per heavy atom. The lowest BCUT2D eigenvalue weighted by molar-refractivity contribution is -0.119. The van der Waals surface area contributed by atoms with Crippen LogP contribution in [0.15, 0.2) is 42.5 Å². The van der Waals surface area contributed by atoms with Gasteiger partial charge >= 0.3 is 6.09 Å². The Hall–Kier alpha value is -2.93. The summed E-state index contributed by atoms with van der Waals surface area (Å²) >= 11 is 0. The summed E-state index contributed by atoms with van der Waals surface area (Å²) < 4.78 is 20.2. The number of benzene rings is 2. The van der Waals surface area contributed by atoms with Crippen LogP contribution in [0.4, 0.5) is 14.9 Å². The third-order valence-corrected chi connectivity index (χ3v) is 5.99. The minimum Gasteiger partial charge on any atom is -0.442 e. The van der Waals surface area contributed by atoms with E-state index in [0.29, 0.717) is 17.2 Å². The van der Waals surface area contributed by atoms with Crippen LogP contribution < -0.4 is 10.2 Å². The fourth-order valence-corrected chi connectivity index (χ4v) is 4.05. The van der Waals surface area contributed by atoms with Crippen molar-refractivity contribution >= 4 is 17.7 Å². The van der Waals surface area contributed by atoms with Gasteiger partial charge in [-0.2, -0.15) is 0 Å². The number of nitrogens with zero attached hydrogens (tertiary/aromatic N) is 2. The van der Waals surface area contributed by atoms with Crippen molar-refractivity contribution in [3.05, 3.63) is 53.8 Å². The molecule has 2 aliphatic rings. The van der Waals surface area contributed by atoms with Gasteiger partial charge in [0.05, 0.1) is 18.8 Å². The lowest BCUT2D eigenvalue weighted by atomic mass is 9.96. The number of cyclic esters (lactones) is 1. The molecule has 2 aromatic rings. The van der Waals surface area contributed by atoms with Gasteiger partial charge in [-0.15, -0.1) is 0 Å². The zero-order chi connectivity index (χ0) is 22.0. The van der Waals surface area contributed by atoms with E-state index in [1.807, 2.05) is 12.1 Å². The van der Waals surface area contributed by atoms with E-state index in [1.54, 1.807) is 12.1 Å². The highest BCUT2D eigenvalue weighted by molar-refractivity contribution is 5.90. The zero-order valence-corrected chi connectivity index (χ0v) is 17.9. The second-order valence-corrected chi connectivity index (χ2v) is 8.39. The quantitative estimate of drug-likeness (QED) is 0.734. The van der Waals surface area contributed by atoms with Gasteiger partial charge in [0.15, 0.2) is 0 Å². The molecule has 2 fully saturated rings. The normalized spacial score (nSPS) is 19.6. The van der Waals surface area contributed by atoms with E-state index in [4.69, 9.17) is 4.74 Å². The highest BCUT2D eigenvalue weighted by Gasteiger charge is 2.32. The molecule has 0 radical (unpaired) electrons. The molecule has 0 saturated carbocycles. The Morgan fingerprint density at radius 3 is 2.58 bits per heavy atom. The Bertz CT molecular complexity index is 959. The molecular weight excluding hydrogens is 397 g/mol. The van der Waals surface area contributed by atoms with Crippen molar-refractivity contribution in [2.75, 3.05) is 37.6 Å². The standard InChI is InChI=1S/C24H28FN3O3/c1-16(14-27-10-3-11-27)18-4-6-19(7-5-18)22-9-8-20(12-23(22)25)28-15-21(31-24(28)30)13-26-17(2)29/h4-9,12,16,21H,3,10-11,13-15H2,1-2H3,(H,26,29)/t16-,21+/m1/s1. The molecule has 2 amide bonds. The van der Waals surface area contributed by atoms with E-state index in [2.05, 4.69) is 29.3 Å². The van der Waals surface area contributed by atoms with Crippen molar-refractivity contribution in [3.63, 3.8) is 0 Å². The monoisotopic (exact) mass is 425 g/mol. The molecule has 4 rings (SSSR count). The molecule has 2 aliphatic heterocycles. The summed E-state index contributed by atoms with van der Waals surface area (Å²) in [4.78, 5) is 27.1. The summed E-state index contributed by atoms with van der Waals surface area (Å²) in [5.74, 6) is -0.143. The summed E-state index contributed by atoms with van der Waals surface area (Å²) in [6.07, 6.45) is 0.291. The Kier molecular flexibility index (Phi) is 6.23.